The van der Waals surface area contributed by atoms with Gasteiger partial charge in [0.25, 0.3) is 0 Å². The molecule has 0 spiro atoms. The van der Waals surface area contributed by atoms with Crippen LogP contribution in [-0.4, -0.2) is 30.8 Å². The molecule has 0 atom stereocenters. The topological polar surface area (TPSA) is 74.2 Å². The molecule has 0 aromatic heterocycles. The van der Waals surface area contributed by atoms with Crippen LogP contribution in [0.2, 0.25) is 0 Å². The van der Waals surface area contributed by atoms with Crippen LogP contribution in [0.15, 0.2) is 24.3 Å². The molecule has 1 saturated carbocycles. The number of para-hydroxylation sites is 2. The zero-order chi connectivity index (χ0) is 19.0. The molecule has 0 bridgehead atoms. The van der Waals surface area contributed by atoms with Gasteiger partial charge in [0, 0.05) is 0 Å². The zero-order valence-electron chi connectivity index (χ0n) is 14.4. The Morgan fingerprint density at radius 1 is 1.19 bits per heavy atom. The van der Waals surface area contributed by atoms with E-state index < -0.39 is 18.3 Å². The van der Waals surface area contributed by atoms with Crippen LogP contribution >= 0.6 is 0 Å². The summed E-state index contributed by atoms with van der Waals surface area (Å²) in [5.41, 5.74) is -0.569. The second-order valence-electron chi connectivity index (χ2n) is 6.41. The number of nitrogens with one attached hydrogen (secondary N) is 2. The molecule has 1 aliphatic rings. The van der Waals surface area contributed by atoms with E-state index in [4.69, 9.17) is 4.74 Å². The molecule has 1 fully saturated rings. The first-order valence-corrected chi connectivity index (χ1v) is 8.58. The first kappa shape index (κ1) is 19.9. The van der Waals surface area contributed by atoms with E-state index in [2.05, 4.69) is 16.7 Å². The number of hydrogen-bond acceptors (Lipinski definition) is 4. The fourth-order valence-electron chi connectivity index (χ4n) is 2.98. The molecule has 0 saturated heterocycles. The highest BCUT2D eigenvalue weighted by atomic mass is 19.4. The van der Waals surface area contributed by atoms with Crippen LogP contribution in [0.1, 0.15) is 38.5 Å². The number of anilines is 1. The summed E-state index contributed by atoms with van der Waals surface area (Å²) in [6.45, 7) is -1.56. The van der Waals surface area contributed by atoms with Crippen molar-refractivity contribution in [2.75, 3.05) is 18.5 Å². The van der Waals surface area contributed by atoms with Crippen molar-refractivity contribution in [1.29, 1.82) is 5.26 Å². The lowest BCUT2D eigenvalue weighted by Gasteiger charge is -2.26. The number of carbonyl (C=O) groups is 1. The summed E-state index contributed by atoms with van der Waals surface area (Å²) in [4.78, 5) is 12.2. The minimum absolute atomic E-state index is 0.0158. The Hall–Kier alpha value is -2.43. The van der Waals surface area contributed by atoms with Crippen LogP contribution in [0.25, 0.3) is 0 Å². The van der Waals surface area contributed by atoms with Crippen LogP contribution in [-0.2, 0) is 4.79 Å². The lowest BCUT2D eigenvalue weighted by Crippen LogP contribution is -2.48. The Balaban J connectivity index is 1.93. The predicted molar refractivity (Wildman–Crippen MR) is 90.7 cm³/mol. The first-order chi connectivity index (χ1) is 12.3. The molecule has 0 heterocycles. The molecule has 1 aliphatic carbocycles. The van der Waals surface area contributed by atoms with Crippen LogP contribution in [0.4, 0.5) is 18.9 Å². The van der Waals surface area contributed by atoms with Gasteiger partial charge in [-0.1, -0.05) is 37.8 Å². The molecule has 2 rings (SSSR count). The molecular weight excluding hydrogens is 347 g/mol. The smallest absolute Gasteiger partial charge is 0.422 e. The predicted octanol–water partition coefficient (Wildman–Crippen LogP) is 3.77. The number of benzene rings is 1. The van der Waals surface area contributed by atoms with E-state index in [9.17, 15) is 23.2 Å². The lowest BCUT2D eigenvalue weighted by molar-refractivity contribution is -0.153. The Morgan fingerprint density at radius 3 is 2.46 bits per heavy atom. The molecule has 1 amide bonds. The van der Waals surface area contributed by atoms with E-state index in [1.54, 1.807) is 12.1 Å². The number of nitrogens with zero attached hydrogens (tertiary/aromatic N) is 1. The number of carbonyl (C=O) groups excluding carboxylic acids is 1. The maximum atomic E-state index is 12.3. The third-order valence-corrected chi connectivity index (χ3v) is 4.27. The van der Waals surface area contributed by atoms with E-state index in [1.807, 2.05) is 0 Å². The van der Waals surface area contributed by atoms with Gasteiger partial charge in [0.2, 0.25) is 5.91 Å². The van der Waals surface area contributed by atoms with E-state index in [0.29, 0.717) is 18.5 Å². The molecule has 0 aliphatic heterocycles. The number of ether oxygens (including phenoxy) is 1. The van der Waals surface area contributed by atoms with Gasteiger partial charge in [-0.15, -0.1) is 0 Å². The summed E-state index contributed by atoms with van der Waals surface area (Å²) in [5.74, 6) is -0.360. The van der Waals surface area contributed by atoms with Crippen molar-refractivity contribution in [2.45, 2.75) is 50.2 Å². The van der Waals surface area contributed by atoms with Crippen molar-refractivity contribution in [1.82, 2.24) is 5.32 Å². The normalized spacial score (nSPS) is 16.8. The summed E-state index contributed by atoms with van der Waals surface area (Å²) in [6, 6.07) is 8.33. The maximum Gasteiger partial charge on any atom is 0.422 e. The van der Waals surface area contributed by atoms with Crippen molar-refractivity contribution < 1.29 is 22.7 Å². The standard InChI is InChI=1S/C18H22F3N3O2/c19-18(20,21)13-26-15-8-4-3-7-14(15)23-11-16(25)24-17(12-22)9-5-1-2-6-10-17/h3-4,7-8,23H,1-2,5-6,9-11,13H2,(H,24,25). The number of amides is 1. The Morgan fingerprint density at radius 2 is 1.85 bits per heavy atom. The SMILES string of the molecule is N#CC1(NC(=O)CNc2ccccc2OCC(F)(F)F)CCCCCC1. The van der Waals surface area contributed by atoms with Gasteiger partial charge in [-0.3, -0.25) is 4.79 Å². The van der Waals surface area contributed by atoms with E-state index >= 15 is 0 Å². The largest absolute Gasteiger partial charge is 0.482 e. The minimum Gasteiger partial charge on any atom is -0.482 e. The van der Waals surface area contributed by atoms with Gasteiger partial charge in [-0.25, -0.2) is 0 Å². The maximum absolute atomic E-state index is 12.3. The number of halogens is 3. The molecule has 1 aromatic carbocycles. The highest BCUT2D eigenvalue weighted by Gasteiger charge is 2.32. The van der Waals surface area contributed by atoms with Gasteiger partial charge in [-0.05, 0) is 25.0 Å². The fourth-order valence-corrected chi connectivity index (χ4v) is 2.98. The summed E-state index contributed by atoms with van der Waals surface area (Å²) >= 11 is 0. The van der Waals surface area contributed by atoms with Crippen molar-refractivity contribution >= 4 is 11.6 Å². The monoisotopic (exact) mass is 369 g/mol. The van der Waals surface area contributed by atoms with E-state index in [0.717, 1.165) is 25.7 Å². The fraction of sp³-hybridized carbons (Fsp3) is 0.556. The number of alkyl halides is 3. The van der Waals surface area contributed by atoms with Gasteiger partial charge in [0.05, 0.1) is 18.3 Å². The second-order valence-corrected chi connectivity index (χ2v) is 6.41. The molecule has 8 heteroatoms. The van der Waals surface area contributed by atoms with Gasteiger partial charge < -0.3 is 15.4 Å². The molecule has 0 unspecified atom stereocenters. The third-order valence-electron chi connectivity index (χ3n) is 4.27. The summed E-state index contributed by atoms with van der Waals surface area (Å²) < 4.78 is 41.7. The molecule has 2 N–H and O–H groups in total. The Labute approximate surface area is 150 Å². The van der Waals surface area contributed by atoms with Crippen LogP contribution < -0.4 is 15.4 Å². The van der Waals surface area contributed by atoms with Crippen molar-refractivity contribution in [3.63, 3.8) is 0 Å². The quantitative estimate of drug-likeness (QED) is 0.749. The lowest BCUT2D eigenvalue weighted by atomic mass is 9.92. The number of nitriles is 1. The summed E-state index contributed by atoms with van der Waals surface area (Å²) in [6.07, 6.45) is 0.637. The highest BCUT2D eigenvalue weighted by Crippen LogP contribution is 2.28. The summed E-state index contributed by atoms with van der Waals surface area (Å²) in [5, 5.41) is 15.0. The molecule has 26 heavy (non-hydrogen) atoms. The average molecular weight is 369 g/mol. The zero-order valence-corrected chi connectivity index (χ0v) is 14.4. The Kier molecular flexibility index (Phi) is 6.72. The van der Waals surface area contributed by atoms with E-state index in [-0.39, 0.29) is 18.2 Å². The van der Waals surface area contributed by atoms with Gasteiger partial charge in [0.1, 0.15) is 11.3 Å². The number of hydrogen-bond donors (Lipinski definition) is 2. The third kappa shape index (κ3) is 6.14. The molecular formula is C18H22F3N3O2. The average Bonchev–Trinajstić information content (AvgIpc) is 2.84. The van der Waals surface area contributed by atoms with E-state index in [1.165, 1.54) is 12.1 Å². The molecule has 1 aromatic rings. The van der Waals surface area contributed by atoms with Crippen LogP contribution in [0.5, 0.6) is 5.75 Å². The van der Waals surface area contributed by atoms with Crippen LogP contribution in [0, 0.1) is 11.3 Å². The molecule has 5 nitrogen and oxygen atoms in total. The molecule has 0 radical (unpaired) electrons. The number of rotatable bonds is 6. The minimum atomic E-state index is -4.44. The van der Waals surface area contributed by atoms with Gasteiger partial charge in [0.15, 0.2) is 6.61 Å². The summed E-state index contributed by atoms with van der Waals surface area (Å²) in [7, 11) is 0. The molecule has 142 valence electrons. The first-order valence-electron chi connectivity index (χ1n) is 8.58. The van der Waals surface area contributed by atoms with Crippen molar-refractivity contribution in [3.8, 4) is 11.8 Å². The highest BCUT2D eigenvalue weighted by molar-refractivity contribution is 5.82. The van der Waals surface area contributed by atoms with Gasteiger partial charge >= 0.3 is 6.18 Å². The van der Waals surface area contributed by atoms with Gasteiger partial charge in [-0.2, -0.15) is 18.4 Å². The van der Waals surface area contributed by atoms with Crippen molar-refractivity contribution in [2.24, 2.45) is 0 Å². The Bertz CT molecular complexity index is 648. The van der Waals surface area contributed by atoms with Crippen molar-refractivity contribution in [3.05, 3.63) is 24.3 Å². The second kappa shape index (κ2) is 8.79. The van der Waals surface area contributed by atoms with Crippen LogP contribution in [0.3, 0.4) is 0 Å².